The number of methoxy groups -OCH3 is 1. The molecular weight excluding hydrogens is 316 g/mol. The Labute approximate surface area is 137 Å². The summed E-state index contributed by atoms with van der Waals surface area (Å²) < 4.78 is 32.6. The second-order valence-electron chi connectivity index (χ2n) is 5.99. The van der Waals surface area contributed by atoms with Crippen LogP contribution in [-0.2, 0) is 14.8 Å². The van der Waals surface area contributed by atoms with Gasteiger partial charge in [0.15, 0.2) is 0 Å². The smallest absolute Gasteiger partial charge is 0.244 e. The molecule has 1 aliphatic rings. The lowest BCUT2D eigenvalue weighted by Crippen LogP contribution is -2.47. The second-order valence-corrected chi connectivity index (χ2v) is 7.67. The van der Waals surface area contributed by atoms with Gasteiger partial charge < -0.3 is 10.1 Å². The number of hydrogen-bond acceptors (Lipinski definition) is 4. The first-order valence-corrected chi connectivity index (χ1v) is 9.29. The summed E-state index contributed by atoms with van der Waals surface area (Å²) in [4.78, 5) is 12.2. The molecule has 0 heterocycles. The summed E-state index contributed by atoms with van der Waals surface area (Å²) in [7, 11) is -2.42. The maximum atomic E-state index is 12.5. The number of sulfonamides is 1. The molecule has 23 heavy (non-hydrogen) atoms. The van der Waals surface area contributed by atoms with Gasteiger partial charge in [-0.1, -0.05) is 18.9 Å². The van der Waals surface area contributed by atoms with Crippen molar-refractivity contribution in [3.05, 3.63) is 23.8 Å². The van der Waals surface area contributed by atoms with Gasteiger partial charge in [0.2, 0.25) is 15.9 Å². The number of ether oxygens (including phenoxy) is 1. The zero-order chi connectivity index (χ0) is 17.0. The molecule has 2 rings (SSSR count). The normalized spacial score (nSPS) is 17.0. The Kier molecular flexibility index (Phi) is 5.64. The summed E-state index contributed by atoms with van der Waals surface area (Å²) in [5.41, 5.74) is 0.800. The minimum Gasteiger partial charge on any atom is -0.495 e. The topological polar surface area (TPSA) is 84.5 Å². The predicted octanol–water partition coefficient (Wildman–Crippen LogP) is 1.73. The maximum Gasteiger partial charge on any atom is 0.244 e. The lowest BCUT2D eigenvalue weighted by atomic mass is 10.2. The second kappa shape index (κ2) is 7.31. The van der Waals surface area contributed by atoms with Crippen molar-refractivity contribution in [2.24, 2.45) is 0 Å². The maximum absolute atomic E-state index is 12.5. The third-order valence-electron chi connectivity index (χ3n) is 4.04. The van der Waals surface area contributed by atoms with E-state index in [-0.39, 0.29) is 22.6 Å². The molecular formula is C16H24N2O4S. The van der Waals surface area contributed by atoms with Crippen LogP contribution in [-0.4, -0.2) is 33.5 Å². The average molecular weight is 340 g/mol. The highest BCUT2D eigenvalue weighted by Gasteiger charge is 2.27. The van der Waals surface area contributed by atoms with Crippen LogP contribution in [0.15, 0.2) is 23.1 Å². The largest absolute Gasteiger partial charge is 0.495 e. The minimum atomic E-state index is -3.84. The third-order valence-corrected chi connectivity index (χ3v) is 5.60. The first-order valence-electron chi connectivity index (χ1n) is 7.81. The first-order chi connectivity index (χ1) is 10.8. The molecule has 0 unspecified atom stereocenters. The summed E-state index contributed by atoms with van der Waals surface area (Å²) >= 11 is 0. The third kappa shape index (κ3) is 4.45. The van der Waals surface area contributed by atoms with Gasteiger partial charge in [0, 0.05) is 6.04 Å². The Bertz CT molecular complexity index is 667. The van der Waals surface area contributed by atoms with Crippen LogP contribution in [0.2, 0.25) is 0 Å². The number of aryl methyl sites for hydroxylation is 1. The number of nitrogens with one attached hydrogen (secondary N) is 2. The quantitative estimate of drug-likeness (QED) is 0.826. The summed E-state index contributed by atoms with van der Waals surface area (Å²) in [5.74, 6) is -0.0430. The SMILES string of the molecule is COc1ccc(C)cc1S(=O)(=O)N[C@@H](C)C(=O)NC1CCCC1. The van der Waals surface area contributed by atoms with Crippen molar-refractivity contribution in [3.63, 3.8) is 0 Å². The highest BCUT2D eigenvalue weighted by atomic mass is 32.2. The standard InChI is InChI=1S/C16H24N2O4S/c1-11-8-9-14(22-3)15(10-11)23(20,21)18-12(2)16(19)17-13-6-4-5-7-13/h8-10,12-13,18H,4-7H2,1-3H3,(H,17,19)/t12-/m0/s1. The fourth-order valence-corrected chi connectivity index (χ4v) is 4.20. The van der Waals surface area contributed by atoms with Gasteiger partial charge in [-0.3, -0.25) is 4.79 Å². The Morgan fingerprint density at radius 2 is 1.96 bits per heavy atom. The molecule has 7 heteroatoms. The number of carbonyl (C=O) groups excluding carboxylic acids is 1. The molecule has 1 aromatic rings. The molecule has 1 fully saturated rings. The van der Waals surface area contributed by atoms with Crippen LogP contribution in [0.5, 0.6) is 5.75 Å². The molecule has 0 aliphatic heterocycles. The van der Waals surface area contributed by atoms with Gasteiger partial charge in [-0.15, -0.1) is 0 Å². The van der Waals surface area contributed by atoms with Crippen molar-refractivity contribution < 1.29 is 17.9 Å². The van der Waals surface area contributed by atoms with Crippen molar-refractivity contribution in [1.82, 2.24) is 10.0 Å². The fraction of sp³-hybridized carbons (Fsp3) is 0.562. The number of rotatable bonds is 6. The van der Waals surface area contributed by atoms with E-state index >= 15 is 0 Å². The highest BCUT2D eigenvalue weighted by molar-refractivity contribution is 7.89. The Balaban J connectivity index is 2.10. The van der Waals surface area contributed by atoms with Crippen LogP contribution in [0.4, 0.5) is 0 Å². The molecule has 0 bridgehead atoms. The first kappa shape index (κ1) is 17.7. The van der Waals surface area contributed by atoms with Gasteiger partial charge in [0.1, 0.15) is 10.6 Å². The van der Waals surface area contributed by atoms with Crippen molar-refractivity contribution in [2.75, 3.05) is 7.11 Å². The summed E-state index contributed by atoms with van der Waals surface area (Å²) in [6.45, 7) is 3.35. The molecule has 0 spiro atoms. The Morgan fingerprint density at radius 3 is 2.57 bits per heavy atom. The van der Waals surface area contributed by atoms with Crippen molar-refractivity contribution >= 4 is 15.9 Å². The molecule has 128 valence electrons. The minimum absolute atomic E-state index is 0.0421. The molecule has 0 radical (unpaired) electrons. The van der Waals surface area contributed by atoms with E-state index in [1.165, 1.54) is 13.2 Å². The van der Waals surface area contributed by atoms with Crippen LogP contribution >= 0.6 is 0 Å². The molecule has 0 aromatic heterocycles. The number of amides is 1. The number of hydrogen-bond donors (Lipinski definition) is 2. The van der Waals surface area contributed by atoms with Crippen molar-refractivity contribution in [2.45, 2.75) is 56.5 Å². The molecule has 1 saturated carbocycles. The summed E-state index contributed by atoms with van der Waals surface area (Å²) in [5, 5.41) is 2.90. The van der Waals surface area contributed by atoms with Gasteiger partial charge in [0.05, 0.1) is 13.2 Å². The fourth-order valence-electron chi connectivity index (χ4n) is 2.74. The molecule has 6 nitrogen and oxygen atoms in total. The van der Waals surface area contributed by atoms with E-state index in [1.807, 2.05) is 0 Å². The van der Waals surface area contributed by atoms with Gasteiger partial charge in [-0.25, -0.2) is 8.42 Å². The molecule has 0 saturated heterocycles. The van der Waals surface area contributed by atoms with E-state index in [4.69, 9.17) is 4.74 Å². The van der Waals surface area contributed by atoms with Gasteiger partial charge in [-0.2, -0.15) is 4.72 Å². The molecule has 1 aliphatic carbocycles. The van der Waals surface area contributed by atoms with Gasteiger partial charge in [0.25, 0.3) is 0 Å². The van der Waals surface area contributed by atoms with E-state index < -0.39 is 16.1 Å². The van der Waals surface area contributed by atoms with Crippen molar-refractivity contribution in [1.29, 1.82) is 0 Å². The number of carbonyl (C=O) groups is 1. The zero-order valence-corrected chi connectivity index (χ0v) is 14.6. The molecule has 1 aromatic carbocycles. The van der Waals surface area contributed by atoms with E-state index in [1.54, 1.807) is 26.0 Å². The monoisotopic (exact) mass is 340 g/mol. The van der Waals surface area contributed by atoms with Crippen LogP contribution < -0.4 is 14.8 Å². The van der Waals surface area contributed by atoms with Crippen molar-refractivity contribution in [3.8, 4) is 5.75 Å². The van der Waals surface area contributed by atoms with E-state index in [2.05, 4.69) is 10.0 Å². The summed E-state index contributed by atoms with van der Waals surface area (Å²) in [6.07, 6.45) is 4.12. The van der Waals surface area contributed by atoms with Gasteiger partial charge >= 0.3 is 0 Å². The zero-order valence-electron chi connectivity index (χ0n) is 13.8. The molecule has 1 atom stereocenters. The van der Waals surface area contributed by atoms with Crippen LogP contribution in [0.1, 0.15) is 38.2 Å². The predicted molar refractivity (Wildman–Crippen MR) is 87.9 cm³/mol. The molecule has 1 amide bonds. The van der Waals surface area contributed by atoms with Crippen LogP contribution in [0.25, 0.3) is 0 Å². The van der Waals surface area contributed by atoms with Crippen LogP contribution in [0.3, 0.4) is 0 Å². The van der Waals surface area contributed by atoms with E-state index in [0.29, 0.717) is 0 Å². The average Bonchev–Trinajstić information content (AvgIpc) is 2.99. The Hall–Kier alpha value is -1.60. The lowest BCUT2D eigenvalue weighted by Gasteiger charge is -2.18. The van der Waals surface area contributed by atoms with Gasteiger partial charge in [-0.05, 0) is 44.4 Å². The summed E-state index contributed by atoms with van der Waals surface area (Å²) in [6, 6.07) is 4.22. The van der Waals surface area contributed by atoms with E-state index in [9.17, 15) is 13.2 Å². The van der Waals surface area contributed by atoms with Crippen LogP contribution in [0, 0.1) is 6.92 Å². The highest BCUT2D eigenvalue weighted by Crippen LogP contribution is 2.24. The molecule has 2 N–H and O–H groups in total. The number of benzene rings is 1. The Morgan fingerprint density at radius 1 is 1.30 bits per heavy atom. The lowest BCUT2D eigenvalue weighted by molar-refractivity contribution is -0.123. The van der Waals surface area contributed by atoms with E-state index in [0.717, 1.165) is 31.2 Å².